The summed E-state index contributed by atoms with van der Waals surface area (Å²) >= 11 is 3.39. The van der Waals surface area contributed by atoms with E-state index in [1.165, 1.54) is 11.1 Å². The molecular weight excluding hydrogens is 272 g/mol. The number of aryl methyl sites for hydroxylation is 1. The van der Waals surface area contributed by atoms with Crippen LogP contribution >= 0.6 is 23.1 Å². The number of nitrogen functional groups attached to an aromatic ring is 1. The average molecular weight is 286 g/mol. The number of anilines is 1. The lowest BCUT2D eigenvalue weighted by molar-refractivity contribution is 1.34. The number of hydrogen-bond acceptors (Lipinski definition) is 4. The van der Waals surface area contributed by atoms with Crippen molar-refractivity contribution in [1.29, 1.82) is 0 Å². The highest BCUT2D eigenvalue weighted by atomic mass is 32.2. The second-order valence-corrected chi connectivity index (χ2v) is 6.36. The van der Waals surface area contributed by atoms with Gasteiger partial charge in [-0.25, -0.2) is 4.98 Å². The van der Waals surface area contributed by atoms with Gasteiger partial charge in [-0.3, -0.25) is 0 Å². The van der Waals surface area contributed by atoms with Crippen molar-refractivity contribution >= 4 is 39.0 Å². The highest BCUT2D eigenvalue weighted by Gasteiger charge is 2.07. The van der Waals surface area contributed by atoms with Gasteiger partial charge in [0.05, 0.1) is 15.9 Å². The number of rotatable bonds is 3. The molecule has 2 N–H and O–H groups in total. The Kier molecular flexibility index (Phi) is 3.44. The Morgan fingerprint density at radius 3 is 3.00 bits per heavy atom. The molecule has 1 aromatic heterocycles. The van der Waals surface area contributed by atoms with Crippen molar-refractivity contribution < 1.29 is 0 Å². The summed E-state index contributed by atoms with van der Waals surface area (Å²) in [5.41, 5.74) is 12.4. The fraction of sp³-hybridized carbons (Fsp3) is 0.133. The molecule has 4 heteroatoms. The molecule has 0 unspecified atom stereocenters. The monoisotopic (exact) mass is 286 g/mol. The van der Waals surface area contributed by atoms with Crippen molar-refractivity contribution in [1.82, 2.24) is 4.98 Å². The lowest BCUT2D eigenvalue weighted by Crippen LogP contribution is -1.91. The second-order valence-electron chi connectivity index (χ2n) is 4.45. The Bertz CT molecular complexity index is 719. The summed E-state index contributed by atoms with van der Waals surface area (Å²) in [4.78, 5) is 5.44. The zero-order valence-electron chi connectivity index (χ0n) is 10.6. The van der Waals surface area contributed by atoms with Gasteiger partial charge < -0.3 is 5.73 Å². The predicted octanol–water partition coefficient (Wildman–Crippen LogP) is 4.48. The Morgan fingerprint density at radius 2 is 2.16 bits per heavy atom. The summed E-state index contributed by atoms with van der Waals surface area (Å²) in [7, 11) is 0. The highest BCUT2D eigenvalue weighted by molar-refractivity contribution is 7.98. The fourth-order valence-corrected chi connectivity index (χ4v) is 3.63. The number of aromatic nitrogens is 1. The fourth-order valence-electron chi connectivity index (χ4n) is 2.02. The van der Waals surface area contributed by atoms with Gasteiger partial charge in [-0.2, -0.15) is 0 Å². The maximum atomic E-state index is 6.18. The van der Waals surface area contributed by atoms with Crippen LogP contribution in [0.15, 0.2) is 46.8 Å². The van der Waals surface area contributed by atoms with Crippen molar-refractivity contribution in [2.75, 3.05) is 5.73 Å². The molecule has 2 aromatic carbocycles. The van der Waals surface area contributed by atoms with E-state index in [-0.39, 0.29) is 0 Å². The van der Waals surface area contributed by atoms with E-state index >= 15 is 0 Å². The van der Waals surface area contributed by atoms with Crippen LogP contribution < -0.4 is 5.73 Å². The highest BCUT2D eigenvalue weighted by Crippen LogP contribution is 2.34. The molecule has 0 fully saturated rings. The molecule has 3 rings (SSSR count). The summed E-state index contributed by atoms with van der Waals surface area (Å²) in [5, 5.41) is 0. The van der Waals surface area contributed by atoms with Crippen LogP contribution in [-0.4, -0.2) is 4.98 Å². The lowest BCUT2D eigenvalue weighted by atomic mass is 10.2. The SMILES string of the molecule is Cc1cccc(CSc2ccc3scnc3c2N)c1. The molecule has 0 spiro atoms. The van der Waals surface area contributed by atoms with E-state index in [1.807, 2.05) is 5.51 Å². The molecule has 0 aliphatic rings. The molecule has 0 saturated carbocycles. The molecule has 0 aliphatic carbocycles. The molecule has 1 heterocycles. The number of nitrogens with zero attached hydrogens (tertiary/aromatic N) is 1. The lowest BCUT2D eigenvalue weighted by Gasteiger charge is -2.06. The zero-order valence-corrected chi connectivity index (χ0v) is 12.2. The molecule has 0 aliphatic heterocycles. The third-order valence-corrected chi connectivity index (χ3v) is 4.92. The first-order chi connectivity index (χ1) is 9.24. The zero-order chi connectivity index (χ0) is 13.2. The minimum atomic E-state index is 0.802. The van der Waals surface area contributed by atoms with Gasteiger partial charge in [0, 0.05) is 10.6 Å². The van der Waals surface area contributed by atoms with Crippen LogP contribution in [0.1, 0.15) is 11.1 Å². The van der Waals surface area contributed by atoms with Gasteiger partial charge in [-0.15, -0.1) is 23.1 Å². The smallest absolute Gasteiger partial charge is 0.105 e. The van der Waals surface area contributed by atoms with Gasteiger partial charge >= 0.3 is 0 Å². The summed E-state index contributed by atoms with van der Waals surface area (Å²) in [5.74, 6) is 0.932. The molecule has 0 bridgehead atoms. The van der Waals surface area contributed by atoms with E-state index in [0.29, 0.717) is 0 Å². The van der Waals surface area contributed by atoms with Crippen LogP contribution in [0.5, 0.6) is 0 Å². The predicted molar refractivity (Wildman–Crippen MR) is 84.8 cm³/mol. The molecular formula is C15H14N2S2. The molecule has 0 atom stereocenters. The Hall–Kier alpha value is -1.52. The summed E-state index contributed by atoms with van der Waals surface area (Å²) < 4.78 is 1.15. The number of fused-ring (bicyclic) bond motifs is 1. The van der Waals surface area contributed by atoms with Crippen molar-refractivity contribution in [3.8, 4) is 0 Å². The standard InChI is InChI=1S/C15H14N2S2/c1-10-3-2-4-11(7-10)8-18-12-5-6-13-15(14(12)16)17-9-19-13/h2-7,9H,8,16H2,1H3. The Balaban J connectivity index is 1.83. The molecule has 0 radical (unpaired) electrons. The van der Waals surface area contributed by atoms with Crippen LogP contribution in [-0.2, 0) is 5.75 Å². The van der Waals surface area contributed by atoms with Gasteiger partial charge in [-0.1, -0.05) is 29.8 Å². The normalized spacial score (nSPS) is 11.0. The van der Waals surface area contributed by atoms with Crippen molar-refractivity contribution in [2.24, 2.45) is 0 Å². The van der Waals surface area contributed by atoms with E-state index in [2.05, 4.69) is 48.3 Å². The first kappa shape index (κ1) is 12.5. The number of thiazole rings is 1. The minimum absolute atomic E-state index is 0.802. The van der Waals surface area contributed by atoms with Gasteiger partial charge in [-0.05, 0) is 24.6 Å². The minimum Gasteiger partial charge on any atom is -0.396 e. The van der Waals surface area contributed by atoms with Crippen molar-refractivity contribution in [3.63, 3.8) is 0 Å². The third kappa shape index (κ3) is 2.60. The number of benzene rings is 2. The molecule has 0 amide bonds. The van der Waals surface area contributed by atoms with Crippen LogP contribution in [0.25, 0.3) is 10.2 Å². The van der Waals surface area contributed by atoms with E-state index in [9.17, 15) is 0 Å². The summed E-state index contributed by atoms with van der Waals surface area (Å²) in [6, 6.07) is 12.8. The molecule has 3 aromatic rings. The van der Waals surface area contributed by atoms with E-state index < -0.39 is 0 Å². The Morgan fingerprint density at radius 1 is 1.26 bits per heavy atom. The first-order valence-electron chi connectivity index (χ1n) is 6.04. The van der Waals surface area contributed by atoms with E-state index in [0.717, 1.165) is 26.6 Å². The van der Waals surface area contributed by atoms with Gasteiger partial charge in [0.2, 0.25) is 0 Å². The van der Waals surface area contributed by atoms with Crippen LogP contribution in [0, 0.1) is 6.92 Å². The van der Waals surface area contributed by atoms with Crippen LogP contribution in [0.2, 0.25) is 0 Å². The number of nitrogens with two attached hydrogens (primary N) is 1. The van der Waals surface area contributed by atoms with E-state index in [1.54, 1.807) is 23.1 Å². The molecule has 2 nitrogen and oxygen atoms in total. The molecule has 19 heavy (non-hydrogen) atoms. The number of hydrogen-bond donors (Lipinski definition) is 1. The largest absolute Gasteiger partial charge is 0.396 e. The van der Waals surface area contributed by atoms with Crippen LogP contribution in [0.4, 0.5) is 5.69 Å². The topological polar surface area (TPSA) is 38.9 Å². The molecule has 96 valence electrons. The maximum absolute atomic E-state index is 6.18. The maximum Gasteiger partial charge on any atom is 0.105 e. The van der Waals surface area contributed by atoms with Crippen molar-refractivity contribution in [3.05, 3.63) is 53.0 Å². The van der Waals surface area contributed by atoms with Gasteiger partial charge in [0.1, 0.15) is 5.52 Å². The quantitative estimate of drug-likeness (QED) is 0.570. The summed E-state index contributed by atoms with van der Waals surface area (Å²) in [6.45, 7) is 2.11. The van der Waals surface area contributed by atoms with Gasteiger partial charge in [0.25, 0.3) is 0 Å². The first-order valence-corrected chi connectivity index (χ1v) is 7.90. The second kappa shape index (κ2) is 5.23. The average Bonchev–Trinajstić information content (AvgIpc) is 2.87. The summed E-state index contributed by atoms with van der Waals surface area (Å²) in [6.07, 6.45) is 0. The van der Waals surface area contributed by atoms with Crippen molar-refractivity contribution in [2.45, 2.75) is 17.6 Å². The third-order valence-electron chi connectivity index (χ3n) is 2.98. The number of thioether (sulfide) groups is 1. The molecule has 0 saturated heterocycles. The van der Waals surface area contributed by atoms with Gasteiger partial charge in [0.15, 0.2) is 0 Å². The van der Waals surface area contributed by atoms with E-state index in [4.69, 9.17) is 5.73 Å². The van der Waals surface area contributed by atoms with Crippen LogP contribution in [0.3, 0.4) is 0 Å². The Labute approximate surface area is 120 Å².